The highest BCUT2D eigenvalue weighted by atomic mass is 127. The first-order valence-electron chi connectivity index (χ1n) is 5.05. The number of benzene rings is 2. The van der Waals surface area contributed by atoms with Crippen LogP contribution in [0, 0.1) is 3.57 Å². The smallest absolute Gasteiger partial charge is 0.0562 e. The summed E-state index contributed by atoms with van der Waals surface area (Å²) in [5, 5.41) is 4.84. The SMILES string of the molecule is Clc1ccccc1C=NNc1ccc(I)cc1. The van der Waals surface area contributed by atoms with Crippen molar-refractivity contribution in [2.45, 2.75) is 0 Å². The first-order valence-corrected chi connectivity index (χ1v) is 6.50. The predicted molar refractivity (Wildman–Crippen MR) is 81.8 cm³/mol. The number of nitrogens with one attached hydrogen (secondary N) is 1. The quantitative estimate of drug-likeness (QED) is 0.492. The number of anilines is 1. The van der Waals surface area contributed by atoms with Gasteiger partial charge in [-0.1, -0.05) is 29.8 Å². The summed E-state index contributed by atoms with van der Waals surface area (Å²) in [6.45, 7) is 0. The molecule has 2 aromatic carbocycles. The van der Waals surface area contributed by atoms with Crippen molar-refractivity contribution >= 4 is 46.1 Å². The van der Waals surface area contributed by atoms with Gasteiger partial charge in [0.2, 0.25) is 0 Å². The fraction of sp³-hybridized carbons (Fsp3) is 0. The van der Waals surface area contributed by atoms with E-state index in [0.717, 1.165) is 11.3 Å². The largest absolute Gasteiger partial charge is 0.279 e. The lowest BCUT2D eigenvalue weighted by Gasteiger charge is -2.00. The highest BCUT2D eigenvalue weighted by Gasteiger charge is 1.94. The standard InChI is InChI=1S/C13H10ClIN2/c14-13-4-2-1-3-10(13)9-16-17-12-7-5-11(15)6-8-12/h1-9,17H. The zero-order valence-electron chi connectivity index (χ0n) is 8.90. The van der Waals surface area contributed by atoms with E-state index >= 15 is 0 Å². The molecule has 0 saturated heterocycles. The Labute approximate surface area is 119 Å². The van der Waals surface area contributed by atoms with E-state index in [2.05, 4.69) is 33.1 Å². The molecule has 0 aliphatic rings. The molecule has 2 nitrogen and oxygen atoms in total. The van der Waals surface area contributed by atoms with Crippen molar-refractivity contribution in [2.75, 3.05) is 5.43 Å². The van der Waals surface area contributed by atoms with Crippen LogP contribution < -0.4 is 5.43 Å². The summed E-state index contributed by atoms with van der Waals surface area (Å²) < 4.78 is 1.20. The van der Waals surface area contributed by atoms with Gasteiger partial charge in [-0.15, -0.1) is 0 Å². The second kappa shape index (κ2) is 6.02. The van der Waals surface area contributed by atoms with E-state index < -0.39 is 0 Å². The van der Waals surface area contributed by atoms with Crippen LogP contribution in [0.25, 0.3) is 0 Å². The predicted octanol–water partition coefficient (Wildman–Crippen LogP) is 4.39. The highest BCUT2D eigenvalue weighted by molar-refractivity contribution is 14.1. The molecule has 0 heterocycles. The van der Waals surface area contributed by atoms with Gasteiger partial charge in [0.05, 0.1) is 11.9 Å². The molecule has 0 aromatic heterocycles. The molecule has 0 amide bonds. The third kappa shape index (κ3) is 3.71. The van der Waals surface area contributed by atoms with E-state index in [1.54, 1.807) is 6.21 Å². The van der Waals surface area contributed by atoms with E-state index in [-0.39, 0.29) is 0 Å². The molecule has 0 radical (unpaired) electrons. The van der Waals surface area contributed by atoms with E-state index in [1.807, 2.05) is 48.5 Å². The summed E-state index contributed by atoms with van der Waals surface area (Å²) in [6, 6.07) is 15.6. The molecule has 0 aliphatic heterocycles. The van der Waals surface area contributed by atoms with Crippen LogP contribution in [-0.2, 0) is 0 Å². The van der Waals surface area contributed by atoms with Crippen molar-refractivity contribution in [1.29, 1.82) is 0 Å². The number of hydrogen-bond donors (Lipinski definition) is 1. The molecule has 0 fully saturated rings. The minimum Gasteiger partial charge on any atom is -0.279 e. The summed E-state index contributed by atoms with van der Waals surface area (Å²) in [6.07, 6.45) is 1.71. The van der Waals surface area contributed by atoms with Gasteiger partial charge in [-0.3, -0.25) is 5.43 Å². The average molecular weight is 357 g/mol. The van der Waals surface area contributed by atoms with Gasteiger partial charge in [-0.2, -0.15) is 5.10 Å². The van der Waals surface area contributed by atoms with Crippen LogP contribution in [0.15, 0.2) is 53.6 Å². The molecule has 2 rings (SSSR count). The molecule has 0 spiro atoms. The van der Waals surface area contributed by atoms with E-state index in [4.69, 9.17) is 11.6 Å². The molecule has 0 aliphatic carbocycles. The molecule has 0 saturated carbocycles. The van der Waals surface area contributed by atoms with Gasteiger partial charge >= 0.3 is 0 Å². The first kappa shape index (κ1) is 12.4. The van der Waals surface area contributed by atoms with Crippen molar-refractivity contribution in [3.63, 3.8) is 0 Å². The van der Waals surface area contributed by atoms with Crippen LogP contribution in [-0.4, -0.2) is 6.21 Å². The van der Waals surface area contributed by atoms with Gasteiger partial charge in [-0.05, 0) is 52.9 Å². The van der Waals surface area contributed by atoms with Crippen molar-refractivity contribution in [2.24, 2.45) is 5.10 Å². The number of hydrazone groups is 1. The summed E-state index contributed by atoms with van der Waals surface area (Å²) in [7, 11) is 0. The summed E-state index contributed by atoms with van der Waals surface area (Å²) in [4.78, 5) is 0. The Morgan fingerprint density at radius 1 is 1.06 bits per heavy atom. The summed E-state index contributed by atoms with van der Waals surface area (Å²) in [5.74, 6) is 0. The van der Waals surface area contributed by atoms with E-state index in [9.17, 15) is 0 Å². The Bertz CT molecular complexity index is 523. The second-order valence-corrected chi connectivity index (χ2v) is 5.05. The van der Waals surface area contributed by atoms with Crippen LogP contribution in [0.5, 0.6) is 0 Å². The number of rotatable bonds is 3. The van der Waals surface area contributed by atoms with Gasteiger partial charge in [-0.25, -0.2) is 0 Å². The molecular formula is C13H10ClIN2. The Morgan fingerprint density at radius 2 is 1.76 bits per heavy atom. The van der Waals surface area contributed by atoms with Gasteiger partial charge in [0.25, 0.3) is 0 Å². The molecule has 0 atom stereocenters. The van der Waals surface area contributed by atoms with Crippen LogP contribution in [0.3, 0.4) is 0 Å². The van der Waals surface area contributed by atoms with Gasteiger partial charge < -0.3 is 0 Å². The topological polar surface area (TPSA) is 24.4 Å². The molecule has 2 aromatic rings. The molecule has 4 heteroatoms. The maximum absolute atomic E-state index is 6.01. The Morgan fingerprint density at radius 3 is 2.47 bits per heavy atom. The maximum atomic E-state index is 6.01. The first-order chi connectivity index (χ1) is 8.25. The van der Waals surface area contributed by atoms with E-state index in [0.29, 0.717) is 5.02 Å². The Balaban J connectivity index is 2.03. The number of hydrogen-bond acceptors (Lipinski definition) is 2. The lowest BCUT2D eigenvalue weighted by atomic mass is 10.2. The molecule has 1 N–H and O–H groups in total. The van der Waals surface area contributed by atoms with Crippen LogP contribution in [0.1, 0.15) is 5.56 Å². The van der Waals surface area contributed by atoms with E-state index in [1.165, 1.54) is 3.57 Å². The Kier molecular flexibility index (Phi) is 4.39. The fourth-order valence-corrected chi connectivity index (χ4v) is 1.82. The number of nitrogens with zero attached hydrogens (tertiary/aromatic N) is 1. The van der Waals surface area contributed by atoms with Crippen molar-refractivity contribution in [3.05, 3.63) is 62.7 Å². The zero-order chi connectivity index (χ0) is 12.1. The fourth-order valence-electron chi connectivity index (χ4n) is 1.28. The highest BCUT2D eigenvalue weighted by Crippen LogP contribution is 2.13. The van der Waals surface area contributed by atoms with Crippen molar-refractivity contribution in [3.8, 4) is 0 Å². The molecule has 0 bridgehead atoms. The third-order valence-corrected chi connectivity index (χ3v) is 3.21. The normalized spacial score (nSPS) is 10.7. The minimum atomic E-state index is 0.695. The van der Waals surface area contributed by atoms with Crippen molar-refractivity contribution < 1.29 is 0 Å². The van der Waals surface area contributed by atoms with Crippen LogP contribution in [0.4, 0.5) is 5.69 Å². The third-order valence-electron chi connectivity index (χ3n) is 2.15. The molecule has 17 heavy (non-hydrogen) atoms. The van der Waals surface area contributed by atoms with Crippen molar-refractivity contribution in [1.82, 2.24) is 0 Å². The number of halogens is 2. The Hall–Kier alpha value is -1.07. The van der Waals surface area contributed by atoms with Crippen LogP contribution >= 0.6 is 34.2 Å². The molecule has 86 valence electrons. The molecule has 0 unspecified atom stereocenters. The second-order valence-electron chi connectivity index (χ2n) is 3.40. The maximum Gasteiger partial charge on any atom is 0.0562 e. The zero-order valence-corrected chi connectivity index (χ0v) is 11.8. The summed E-state index contributed by atoms with van der Waals surface area (Å²) >= 11 is 8.27. The van der Waals surface area contributed by atoms with Gasteiger partial charge in [0.1, 0.15) is 0 Å². The minimum absolute atomic E-state index is 0.695. The van der Waals surface area contributed by atoms with Crippen LogP contribution in [0.2, 0.25) is 5.02 Å². The molecular weight excluding hydrogens is 347 g/mol. The van der Waals surface area contributed by atoms with Gasteiger partial charge in [0.15, 0.2) is 0 Å². The monoisotopic (exact) mass is 356 g/mol. The summed E-state index contributed by atoms with van der Waals surface area (Å²) in [5.41, 5.74) is 4.80. The lowest BCUT2D eigenvalue weighted by Crippen LogP contribution is -1.90. The van der Waals surface area contributed by atoms with Gasteiger partial charge in [0, 0.05) is 14.2 Å². The lowest BCUT2D eigenvalue weighted by molar-refractivity contribution is 1.35. The average Bonchev–Trinajstić information content (AvgIpc) is 2.34.